The first-order valence-electron chi connectivity index (χ1n) is 7.57. The molecule has 24 heavy (non-hydrogen) atoms. The van der Waals surface area contributed by atoms with Crippen LogP contribution in [0.1, 0.15) is 16.9 Å². The van der Waals surface area contributed by atoms with Gasteiger partial charge in [0.2, 0.25) is 5.91 Å². The molecule has 6 nitrogen and oxygen atoms in total. The molecule has 1 atom stereocenters. The van der Waals surface area contributed by atoms with Crippen molar-refractivity contribution in [3.05, 3.63) is 36.0 Å². The van der Waals surface area contributed by atoms with Crippen LogP contribution in [0.25, 0.3) is 10.9 Å². The zero-order valence-electron chi connectivity index (χ0n) is 13.7. The fraction of sp³-hybridized carbons (Fsp3) is 0.353. The molecule has 2 aromatic rings. The molecule has 2 N–H and O–H groups in total. The van der Waals surface area contributed by atoms with Gasteiger partial charge in [-0.25, -0.2) is 0 Å². The van der Waals surface area contributed by atoms with E-state index in [1.807, 2.05) is 54.3 Å². The van der Waals surface area contributed by atoms with Crippen LogP contribution in [0.4, 0.5) is 0 Å². The van der Waals surface area contributed by atoms with Gasteiger partial charge in [-0.3, -0.25) is 9.59 Å². The van der Waals surface area contributed by atoms with E-state index in [4.69, 9.17) is 5.26 Å². The molecule has 0 saturated heterocycles. The molecule has 126 valence electrons. The fourth-order valence-electron chi connectivity index (χ4n) is 2.45. The van der Waals surface area contributed by atoms with Crippen molar-refractivity contribution < 1.29 is 9.59 Å². The summed E-state index contributed by atoms with van der Waals surface area (Å²) in [7, 11) is 1.83. The number of para-hydroxylation sites is 1. The Morgan fingerprint density at radius 1 is 1.38 bits per heavy atom. The van der Waals surface area contributed by atoms with Gasteiger partial charge in [-0.05, 0) is 18.4 Å². The highest BCUT2D eigenvalue weighted by atomic mass is 32.2. The van der Waals surface area contributed by atoms with Crippen LogP contribution < -0.4 is 10.6 Å². The van der Waals surface area contributed by atoms with Crippen molar-refractivity contribution in [1.29, 1.82) is 5.26 Å². The van der Waals surface area contributed by atoms with Crippen LogP contribution in [-0.2, 0) is 11.8 Å². The number of carbonyl (C=O) groups excluding carboxylic acids is 2. The van der Waals surface area contributed by atoms with Crippen molar-refractivity contribution in [1.82, 2.24) is 15.2 Å². The molecule has 0 bridgehead atoms. The Kier molecular flexibility index (Phi) is 6.27. The van der Waals surface area contributed by atoms with Gasteiger partial charge in [-0.2, -0.15) is 17.0 Å². The smallest absolute Gasteiger partial charge is 0.268 e. The van der Waals surface area contributed by atoms with Crippen LogP contribution in [-0.4, -0.2) is 41.0 Å². The van der Waals surface area contributed by atoms with Crippen LogP contribution >= 0.6 is 11.8 Å². The van der Waals surface area contributed by atoms with Gasteiger partial charge in [0.15, 0.2) is 0 Å². The molecule has 2 amide bonds. The lowest BCUT2D eigenvalue weighted by Crippen LogP contribution is -2.48. The van der Waals surface area contributed by atoms with Crippen LogP contribution in [0.15, 0.2) is 30.3 Å². The number of carbonyl (C=O) groups is 2. The SMILES string of the molecule is CSCC(NC(=O)c1cc2ccccc2n1C)C(=O)NCCC#N. The molecular weight excluding hydrogens is 324 g/mol. The summed E-state index contributed by atoms with van der Waals surface area (Å²) < 4.78 is 1.81. The highest BCUT2D eigenvalue weighted by Crippen LogP contribution is 2.18. The van der Waals surface area contributed by atoms with Crippen LogP contribution in [0, 0.1) is 11.3 Å². The first kappa shape index (κ1) is 17.9. The number of nitriles is 1. The first-order chi connectivity index (χ1) is 11.6. The van der Waals surface area contributed by atoms with Crippen molar-refractivity contribution in [3.63, 3.8) is 0 Å². The predicted molar refractivity (Wildman–Crippen MR) is 95.8 cm³/mol. The number of thioether (sulfide) groups is 1. The van der Waals surface area contributed by atoms with E-state index in [-0.39, 0.29) is 24.8 Å². The average molecular weight is 344 g/mol. The van der Waals surface area contributed by atoms with Gasteiger partial charge in [0.25, 0.3) is 5.91 Å². The molecule has 0 fully saturated rings. The zero-order chi connectivity index (χ0) is 17.5. The standard InChI is InChI=1S/C17H20N4O2S/c1-21-14-7-4-3-6-12(14)10-15(21)17(23)20-13(11-24-2)16(22)19-9-5-8-18/h3-4,6-7,10,13H,5,9,11H2,1-2H3,(H,19,22)(H,20,23). The van der Waals surface area contributed by atoms with Crippen LogP contribution in [0.5, 0.6) is 0 Å². The number of benzene rings is 1. The van der Waals surface area contributed by atoms with E-state index in [0.29, 0.717) is 11.4 Å². The fourth-order valence-corrected chi connectivity index (χ4v) is 3.02. The summed E-state index contributed by atoms with van der Waals surface area (Å²) in [6, 6.07) is 10.9. The minimum absolute atomic E-state index is 0.245. The summed E-state index contributed by atoms with van der Waals surface area (Å²) in [6.07, 6.45) is 2.12. The molecule has 0 aliphatic heterocycles. The molecule has 0 spiro atoms. The quantitative estimate of drug-likeness (QED) is 0.748. The lowest BCUT2D eigenvalue weighted by molar-refractivity contribution is -0.122. The maximum Gasteiger partial charge on any atom is 0.268 e. The Balaban J connectivity index is 2.13. The Bertz CT molecular complexity index is 778. The summed E-state index contributed by atoms with van der Waals surface area (Å²) in [6.45, 7) is 0.282. The molecule has 2 rings (SSSR count). The molecular formula is C17H20N4O2S. The van der Waals surface area contributed by atoms with E-state index in [1.54, 1.807) is 0 Å². The first-order valence-corrected chi connectivity index (χ1v) is 8.96. The summed E-state index contributed by atoms with van der Waals surface area (Å²) in [5.41, 5.74) is 1.47. The molecule has 0 saturated carbocycles. The number of nitrogens with zero attached hydrogens (tertiary/aromatic N) is 2. The number of amides is 2. The number of fused-ring (bicyclic) bond motifs is 1. The minimum Gasteiger partial charge on any atom is -0.353 e. The highest BCUT2D eigenvalue weighted by molar-refractivity contribution is 7.98. The molecule has 0 aliphatic rings. The third-order valence-electron chi connectivity index (χ3n) is 3.68. The van der Waals surface area contributed by atoms with Gasteiger partial charge in [0, 0.05) is 30.2 Å². The van der Waals surface area contributed by atoms with Crippen molar-refractivity contribution >= 4 is 34.5 Å². The van der Waals surface area contributed by atoms with Crippen molar-refractivity contribution in [2.75, 3.05) is 18.6 Å². The predicted octanol–water partition coefficient (Wildman–Crippen LogP) is 1.67. The van der Waals surface area contributed by atoms with Gasteiger partial charge in [0.1, 0.15) is 11.7 Å². The summed E-state index contributed by atoms with van der Waals surface area (Å²) >= 11 is 1.48. The van der Waals surface area contributed by atoms with Crippen molar-refractivity contribution in [2.45, 2.75) is 12.5 Å². The Morgan fingerprint density at radius 2 is 2.12 bits per heavy atom. The monoisotopic (exact) mass is 344 g/mol. The summed E-state index contributed by atoms with van der Waals surface area (Å²) in [5, 5.41) is 15.0. The average Bonchev–Trinajstić information content (AvgIpc) is 2.92. The minimum atomic E-state index is -0.635. The van der Waals surface area contributed by atoms with E-state index < -0.39 is 6.04 Å². The molecule has 0 radical (unpaired) electrons. The van der Waals surface area contributed by atoms with Crippen molar-refractivity contribution in [3.8, 4) is 6.07 Å². The number of rotatable bonds is 7. The van der Waals surface area contributed by atoms with Gasteiger partial charge >= 0.3 is 0 Å². The third-order valence-corrected chi connectivity index (χ3v) is 4.34. The molecule has 1 aromatic heterocycles. The molecule has 1 unspecified atom stereocenters. The second kappa shape index (κ2) is 8.41. The van der Waals surface area contributed by atoms with Crippen LogP contribution in [0.2, 0.25) is 0 Å². The normalized spacial score (nSPS) is 11.7. The number of aromatic nitrogens is 1. The Hall–Kier alpha value is -2.46. The van der Waals surface area contributed by atoms with E-state index in [1.165, 1.54) is 11.8 Å². The number of hydrogen-bond donors (Lipinski definition) is 2. The topological polar surface area (TPSA) is 86.9 Å². The van der Waals surface area contributed by atoms with Gasteiger partial charge < -0.3 is 15.2 Å². The van der Waals surface area contributed by atoms with E-state index in [0.717, 1.165) is 10.9 Å². The molecule has 1 heterocycles. The lowest BCUT2D eigenvalue weighted by Gasteiger charge is -2.17. The third kappa shape index (κ3) is 4.09. The lowest BCUT2D eigenvalue weighted by atomic mass is 10.2. The van der Waals surface area contributed by atoms with E-state index >= 15 is 0 Å². The Labute approximate surface area is 145 Å². The Morgan fingerprint density at radius 3 is 2.79 bits per heavy atom. The highest BCUT2D eigenvalue weighted by Gasteiger charge is 2.22. The molecule has 7 heteroatoms. The maximum atomic E-state index is 12.6. The van der Waals surface area contributed by atoms with Gasteiger partial charge in [-0.15, -0.1) is 0 Å². The second-order valence-corrected chi connectivity index (χ2v) is 6.24. The second-order valence-electron chi connectivity index (χ2n) is 5.33. The largest absolute Gasteiger partial charge is 0.353 e. The van der Waals surface area contributed by atoms with Gasteiger partial charge in [-0.1, -0.05) is 18.2 Å². The summed E-state index contributed by atoms with van der Waals surface area (Å²) in [4.78, 5) is 24.8. The molecule has 0 aliphatic carbocycles. The van der Waals surface area contributed by atoms with E-state index in [9.17, 15) is 9.59 Å². The van der Waals surface area contributed by atoms with Gasteiger partial charge in [0.05, 0.1) is 12.5 Å². The number of nitrogens with one attached hydrogen (secondary N) is 2. The molecule has 1 aromatic carbocycles. The number of aryl methyl sites for hydroxylation is 1. The van der Waals surface area contributed by atoms with Crippen LogP contribution in [0.3, 0.4) is 0 Å². The number of hydrogen-bond acceptors (Lipinski definition) is 4. The summed E-state index contributed by atoms with van der Waals surface area (Å²) in [5.74, 6) is -0.0939. The van der Waals surface area contributed by atoms with Crippen molar-refractivity contribution in [2.24, 2.45) is 7.05 Å². The zero-order valence-corrected chi connectivity index (χ0v) is 14.5. The maximum absolute atomic E-state index is 12.6. The van der Waals surface area contributed by atoms with E-state index in [2.05, 4.69) is 10.6 Å².